The smallest absolute Gasteiger partial charge is 0.303 e. The van der Waals surface area contributed by atoms with Crippen molar-refractivity contribution in [2.24, 2.45) is 5.92 Å². The Kier molecular flexibility index (Phi) is 11.7. The zero-order valence-corrected chi connectivity index (χ0v) is 29.3. The zero-order valence-electron chi connectivity index (χ0n) is 29.3. The Hall–Kier alpha value is -4.74. The molecule has 0 bridgehead atoms. The van der Waals surface area contributed by atoms with Gasteiger partial charge in [0.2, 0.25) is 5.91 Å². The van der Waals surface area contributed by atoms with Gasteiger partial charge in [0.1, 0.15) is 0 Å². The summed E-state index contributed by atoms with van der Waals surface area (Å²) in [4.78, 5) is 25.5. The highest BCUT2D eigenvalue weighted by Crippen LogP contribution is 2.43. The molecule has 10 nitrogen and oxygen atoms in total. The second-order valence-corrected chi connectivity index (χ2v) is 13.2. The first-order chi connectivity index (χ1) is 24.8. The highest BCUT2D eigenvalue weighted by Gasteiger charge is 2.39. The van der Waals surface area contributed by atoms with Crippen LogP contribution in [0.1, 0.15) is 65.5 Å². The maximum Gasteiger partial charge on any atom is 0.303 e. The summed E-state index contributed by atoms with van der Waals surface area (Å²) in [5.74, 6) is 0.227. The predicted octanol–water partition coefficient (Wildman–Crippen LogP) is 6.19. The van der Waals surface area contributed by atoms with Crippen molar-refractivity contribution in [1.82, 2.24) is 10.2 Å². The molecule has 2 aliphatic heterocycles. The lowest BCUT2D eigenvalue weighted by molar-refractivity contribution is -0.276. The minimum absolute atomic E-state index is 0.0185. The molecule has 0 aliphatic carbocycles. The summed E-state index contributed by atoms with van der Waals surface area (Å²) < 4.78 is 24.7. The number of aliphatic hydroxyl groups excluding tert-OH is 1. The molecule has 4 aromatic rings. The van der Waals surface area contributed by atoms with Crippen LogP contribution in [-0.2, 0) is 45.2 Å². The molecule has 1 fully saturated rings. The van der Waals surface area contributed by atoms with Gasteiger partial charge >= 0.3 is 5.97 Å². The number of hydrogen-bond donors (Lipinski definition) is 3. The minimum Gasteiger partial charge on any atom is -0.493 e. The van der Waals surface area contributed by atoms with Gasteiger partial charge < -0.3 is 34.5 Å². The van der Waals surface area contributed by atoms with E-state index in [1.807, 2.05) is 72.8 Å². The highest BCUT2D eigenvalue weighted by molar-refractivity contribution is 5.81. The van der Waals surface area contributed by atoms with E-state index in [1.54, 1.807) is 14.2 Å². The van der Waals surface area contributed by atoms with Gasteiger partial charge in [-0.1, -0.05) is 79.7 Å². The van der Waals surface area contributed by atoms with Crippen LogP contribution in [0, 0.1) is 5.92 Å². The van der Waals surface area contributed by atoms with Crippen LogP contribution in [-0.4, -0.2) is 60.4 Å². The molecule has 1 amide bonds. The molecule has 10 heteroatoms. The van der Waals surface area contributed by atoms with Crippen molar-refractivity contribution in [2.45, 2.75) is 64.4 Å². The summed E-state index contributed by atoms with van der Waals surface area (Å²) in [5.41, 5.74) is 8.16. The number of rotatable bonds is 13. The van der Waals surface area contributed by atoms with Crippen LogP contribution < -0.4 is 14.8 Å². The lowest BCUT2D eigenvalue weighted by Crippen LogP contribution is -2.45. The van der Waals surface area contributed by atoms with E-state index in [0.717, 1.165) is 70.9 Å². The molecule has 4 aromatic carbocycles. The van der Waals surface area contributed by atoms with Crippen LogP contribution in [0.2, 0.25) is 0 Å². The number of hydrogen-bond acceptors (Lipinski definition) is 8. The summed E-state index contributed by atoms with van der Waals surface area (Å²) >= 11 is 0. The third-order valence-corrected chi connectivity index (χ3v) is 9.91. The quantitative estimate of drug-likeness (QED) is 0.150. The summed E-state index contributed by atoms with van der Waals surface area (Å²) in [5, 5.41) is 21.4. The number of methoxy groups -OCH3 is 2. The fourth-order valence-electron chi connectivity index (χ4n) is 6.96. The minimum atomic E-state index is -0.997. The fraction of sp³-hybridized carbons (Fsp3) is 0.366. The highest BCUT2D eigenvalue weighted by atomic mass is 16.7. The summed E-state index contributed by atoms with van der Waals surface area (Å²) in [6.07, 6.45) is -0.322. The van der Waals surface area contributed by atoms with Crippen LogP contribution in [0.25, 0.3) is 11.1 Å². The standard InChI is InChI=1S/C41H46N2O8/c1-26-37(24-43-19-18-31-20-35(48-2)36(49-3)21-33(31)23-43)50-41(51-40(26)29-10-8-27(25-44)9-11-29)30-14-12-28(13-15-30)34-7-5-4-6-32(34)22-42-38(45)16-17-39(46)47/h4-15,20-21,26,37,40-41,44H,16-19,22-25H2,1-3H3,(H,42,45)(H,46,47). The second kappa shape index (κ2) is 16.5. The van der Waals surface area contributed by atoms with Crippen molar-refractivity contribution < 1.29 is 38.7 Å². The number of amides is 1. The summed E-state index contributed by atoms with van der Waals surface area (Å²) in [6.45, 7) is 4.85. The van der Waals surface area contributed by atoms with Crippen molar-refractivity contribution in [3.63, 3.8) is 0 Å². The number of ether oxygens (including phenoxy) is 4. The average Bonchev–Trinajstić information content (AvgIpc) is 3.16. The van der Waals surface area contributed by atoms with Gasteiger partial charge in [0.25, 0.3) is 0 Å². The van der Waals surface area contributed by atoms with E-state index >= 15 is 0 Å². The number of benzene rings is 4. The lowest BCUT2D eigenvalue weighted by Gasteiger charge is -2.43. The zero-order chi connectivity index (χ0) is 35.9. The fourth-order valence-corrected chi connectivity index (χ4v) is 6.96. The molecule has 0 radical (unpaired) electrons. The largest absolute Gasteiger partial charge is 0.493 e. The van der Waals surface area contributed by atoms with Gasteiger partial charge in [0, 0.05) is 44.1 Å². The van der Waals surface area contributed by atoms with Crippen LogP contribution in [0.5, 0.6) is 11.5 Å². The first kappa shape index (κ1) is 36.1. The molecule has 268 valence electrons. The van der Waals surface area contributed by atoms with Crippen molar-refractivity contribution >= 4 is 11.9 Å². The predicted molar refractivity (Wildman–Crippen MR) is 192 cm³/mol. The number of nitrogens with one attached hydrogen (secondary N) is 1. The summed E-state index contributed by atoms with van der Waals surface area (Å²) in [7, 11) is 3.32. The molecule has 4 atom stereocenters. The van der Waals surface area contributed by atoms with Gasteiger partial charge in [0.15, 0.2) is 17.8 Å². The topological polar surface area (TPSA) is 127 Å². The Morgan fingerprint density at radius 2 is 1.57 bits per heavy atom. The Balaban J connectivity index is 1.21. The van der Waals surface area contributed by atoms with Crippen LogP contribution in [0.3, 0.4) is 0 Å². The van der Waals surface area contributed by atoms with Crippen molar-refractivity contribution in [1.29, 1.82) is 0 Å². The number of nitrogens with zero attached hydrogens (tertiary/aromatic N) is 1. The summed E-state index contributed by atoms with van der Waals surface area (Å²) in [6, 6.07) is 28.1. The van der Waals surface area contributed by atoms with Gasteiger partial charge in [-0.3, -0.25) is 14.5 Å². The number of carboxylic acid groups (broad SMARTS) is 1. The van der Waals surface area contributed by atoms with Crippen LogP contribution in [0.15, 0.2) is 84.9 Å². The maximum atomic E-state index is 12.2. The first-order valence-corrected chi connectivity index (χ1v) is 17.4. The normalized spacial score (nSPS) is 20.3. The number of fused-ring (bicyclic) bond motifs is 1. The number of aliphatic hydroxyl groups is 1. The van der Waals surface area contributed by atoms with Crippen LogP contribution >= 0.6 is 0 Å². The number of carbonyl (C=O) groups excluding carboxylic acids is 1. The van der Waals surface area contributed by atoms with E-state index in [2.05, 4.69) is 29.3 Å². The van der Waals surface area contributed by atoms with Gasteiger partial charge in [0.05, 0.1) is 39.5 Å². The van der Waals surface area contributed by atoms with E-state index in [0.29, 0.717) is 6.54 Å². The van der Waals surface area contributed by atoms with E-state index in [9.17, 15) is 14.7 Å². The van der Waals surface area contributed by atoms with Gasteiger partial charge in [-0.15, -0.1) is 0 Å². The van der Waals surface area contributed by atoms with Crippen molar-refractivity contribution in [2.75, 3.05) is 27.3 Å². The molecule has 6 rings (SSSR count). The van der Waals surface area contributed by atoms with Crippen molar-refractivity contribution in [3.8, 4) is 22.6 Å². The SMILES string of the molecule is COc1cc2c(cc1OC)CN(CC1OC(c3ccc(-c4ccccc4CNC(=O)CCC(=O)O)cc3)OC(c3ccc(CO)cc3)C1C)CC2. The Morgan fingerprint density at radius 1 is 0.882 bits per heavy atom. The average molecular weight is 695 g/mol. The van der Waals surface area contributed by atoms with Gasteiger partial charge in [-0.25, -0.2) is 0 Å². The molecule has 0 saturated carbocycles. The molecule has 0 spiro atoms. The monoisotopic (exact) mass is 694 g/mol. The van der Waals surface area contributed by atoms with E-state index in [4.69, 9.17) is 24.1 Å². The molecule has 2 heterocycles. The van der Waals surface area contributed by atoms with Crippen LogP contribution in [0.4, 0.5) is 0 Å². The molecule has 1 saturated heterocycles. The first-order valence-electron chi connectivity index (χ1n) is 17.4. The van der Waals surface area contributed by atoms with Gasteiger partial charge in [-0.05, 0) is 57.5 Å². The molecule has 0 aromatic heterocycles. The number of carbonyl (C=O) groups is 2. The molecule has 2 aliphatic rings. The third kappa shape index (κ3) is 8.60. The number of aliphatic carboxylic acids is 1. The van der Waals surface area contributed by atoms with E-state index in [-0.39, 0.29) is 43.5 Å². The second-order valence-electron chi connectivity index (χ2n) is 13.2. The van der Waals surface area contributed by atoms with Gasteiger partial charge in [-0.2, -0.15) is 0 Å². The maximum absolute atomic E-state index is 12.2. The van der Waals surface area contributed by atoms with Crippen molar-refractivity contribution in [3.05, 3.63) is 118 Å². The molecular weight excluding hydrogens is 648 g/mol. The molecular formula is C41H46N2O8. The Labute approximate surface area is 298 Å². The third-order valence-electron chi connectivity index (χ3n) is 9.91. The molecule has 51 heavy (non-hydrogen) atoms. The Bertz CT molecular complexity index is 1810. The molecule has 3 N–H and O–H groups in total. The Morgan fingerprint density at radius 3 is 2.25 bits per heavy atom. The number of carboxylic acids is 1. The van der Waals surface area contributed by atoms with E-state index in [1.165, 1.54) is 11.1 Å². The van der Waals surface area contributed by atoms with E-state index < -0.39 is 12.3 Å². The lowest BCUT2D eigenvalue weighted by atomic mass is 9.89. The molecule has 4 unspecified atom stereocenters.